The third-order valence-corrected chi connectivity index (χ3v) is 4.80. The van der Waals surface area contributed by atoms with Crippen molar-refractivity contribution in [3.63, 3.8) is 0 Å². The molecule has 0 spiro atoms. The summed E-state index contributed by atoms with van der Waals surface area (Å²) in [7, 11) is 0. The van der Waals surface area contributed by atoms with Gasteiger partial charge in [0.05, 0.1) is 0 Å². The molecular formula is C18H17F3N2O3. The average Bonchev–Trinajstić information content (AvgIpc) is 3.30. The van der Waals surface area contributed by atoms with Crippen molar-refractivity contribution in [2.45, 2.75) is 43.8 Å². The lowest BCUT2D eigenvalue weighted by Gasteiger charge is -2.20. The van der Waals surface area contributed by atoms with E-state index in [4.69, 9.17) is 4.42 Å². The third-order valence-electron chi connectivity index (χ3n) is 4.80. The van der Waals surface area contributed by atoms with Gasteiger partial charge in [0.1, 0.15) is 11.5 Å². The van der Waals surface area contributed by atoms with Gasteiger partial charge in [0.2, 0.25) is 0 Å². The van der Waals surface area contributed by atoms with Crippen LogP contribution >= 0.6 is 0 Å². The number of hydrogen-bond donors (Lipinski definition) is 2. The van der Waals surface area contributed by atoms with E-state index in [1.165, 1.54) is 24.3 Å². The van der Waals surface area contributed by atoms with E-state index in [-0.39, 0.29) is 23.5 Å². The Labute approximate surface area is 147 Å². The third kappa shape index (κ3) is 3.55. The zero-order valence-electron chi connectivity index (χ0n) is 13.7. The van der Waals surface area contributed by atoms with E-state index in [2.05, 4.69) is 15.4 Å². The van der Waals surface area contributed by atoms with Crippen LogP contribution in [0.25, 0.3) is 11.3 Å². The highest BCUT2D eigenvalue weighted by molar-refractivity contribution is 5.92. The van der Waals surface area contributed by atoms with Crippen molar-refractivity contribution in [3.8, 4) is 17.1 Å². The average molecular weight is 366 g/mol. The number of nitrogens with one attached hydrogen (secondary N) is 2. The Bertz CT molecular complexity index is 818. The minimum absolute atomic E-state index is 0.0818. The highest BCUT2D eigenvalue weighted by atomic mass is 19.4. The van der Waals surface area contributed by atoms with Crippen molar-refractivity contribution in [1.29, 1.82) is 0 Å². The van der Waals surface area contributed by atoms with Gasteiger partial charge in [0.25, 0.3) is 5.91 Å². The van der Waals surface area contributed by atoms with Crippen molar-refractivity contribution in [3.05, 3.63) is 42.2 Å². The summed E-state index contributed by atoms with van der Waals surface area (Å²) in [4.78, 5) is 12.4. The van der Waals surface area contributed by atoms with Crippen molar-refractivity contribution < 1.29 is 27.1 Å². The molecule has 3 heterocycles. The van der Waals surface area contributed by atoms with Gasteiger partial charge in [-0.1, -0.05) is 12.1 Å². The topological polar surface area (TPSA) is 63.5 Å². The SMILES string of the molecule is O=C(NC1CC2CCC1N2)c1ccc(-c2cccc(OC(F)(F)F)c2)o1. The van der Waals surface area contributed by atoms with Crippen LogP contribution in [0.2, 0.25) is 0 Å². The summed E-state index contributed by atoms with van der Waals surface area (Å²) in [5, 5.41) is 6.40. The van der Waals surface area contributed by atoms with Crippen molar-refractivity contribution in [2.24, 2.45) is 0 Å². The Morgan fingerprint density at radius 1 is 1.23 bits per heavy atom. The number of hydrogen-bond acceptors (Lipinski definition) is 4. The van der Waals surface area contributed by atoms with Crippen LogP contribution in [0, 0.1) is 0 Å². The smallest absolute Gasteiger partial charge is 0.451 e. The zero-order chi connectivity index (χ0) is 18.3. The Morgan fingerprint density at radius 2 is 2.08 bits per heavy atom. The number of rotatable bonds is 4. The second kappa shape index (κ2) is 6.35. The maximum atomic E-state index is 12.4. The van der Waals surface area contributed by atoms with Gasteiger partial charge in [-0.15, -0.1) is 13.2 Å². The summed E-state index contributed by atoms with van der Waals surface area (Å²) in [6.45, 7) is 0. The van der Waals surface area contributed by atoms with Gasteiger partial charge in [0.15, 0.2) is 5.76 Å². The lowest BCUT2D eigenvalue weighted by molar-refractivity contribution is -0.274. The van der Waals surface area contributed by atoms with Crippen LogP contribution in [0.3, 0.4) is 0 Å². The minimum Gasteiger partial charge on any atom is -0.451 e. The molecule has 2 saturated heterocycles. The standard InChI is InChI=1S/C18H17F3N2O3/c19-18(20,21)26-12-3-1-2-10(8-12)15-6-7-16(25-15)17(24)23-14-9-11-4-5-13(14)22-11/h1-3,6-8,11,13-14,22H,4-5,9H2,(H,23,24). The largest absolute Gasteiger partial charge is 0.573 e. The first-order valence-electron chi connectivity index (χ1n) is 8.40. The second-order valence-electron chi connectivity index (χ2n) is 6.60. The first-order valence-corrected chi connectivity index (χ1v) is 8.40. The number of alkyl halides is 3. The molecule has 3 atom stereocenters. The zero-order valence-corrected chi connectivity index (χ0v) is 13.7. The molecule has 2 N–H and O–H groups in total. The van der Waals surface area contributed by atoms with E-state index in [0.717, 1.165) is 19.3 Å². The summed E-state index contributed by atoms with van der Waals surface area (Å²) < 4.78 is 46.5. The highest BCUT2D eigenvalue weighted by Gasteiger charge is 2.40. The number of carbonyl (C=O) groups excluding carboxylic acids is 1. The molecule has 138 valence electrons. The quantitative estimate of drug-likeness (QED) is 0.870. The fourth-order valence-corrected chi connectivity index (χ4v) is 3.68. The van der Waals surface area contributed by atoms with Gasteiger partial charge in [-0.05, 0) is 43.5 Å². The van der Waals surface area contributed by atoms with Crippen LogP contribution in [-0.2, 0) is 0 Å². The fraction of sp³-hybridized carbons (Fsp3) is 0.389. The molecule has 2 bridgehead atoms. The number of fused-ring (bicyclic) bond motifs is 2. The molecule has 26 heavy (non-hydrogen) atoms. The molecule has 3 unspecified atom stereocenters. The van der Waals surface area contributed by atoms with Gasteiger partial charge in [-0.25, -0.2) is 0 Å². The molecule has 2 aliphatic heterocycles. The number of carbonyl (C=O) groups is 1. The number of ether oxygens (including phenoxy) is 1. The highest BCUT2D eigenvalue weighted by Crippen LogP contribution is 2.30. The molecule has 1 aromatic heterocycles. The summed E-state index contributed by atoms with van der Waals surface area (Å²) >= 11 is 0. The molecule has 2 aliphatic rings. The van der Waals surface area contributed by atoms with E-state index in [9.17, 15) is 18.0 Å². The summed E-state index contributed by atoms with van der Waals surface area (Å²) in [5.41, 5.74) is 0.396. The predicted octanol–water partition coefficient (Wildman–Crippen LogP) is 3.47. The second-order valence-corrected chi connectivity index (χ2v) is 6.60. The lowest BCUT2D eigenvalue weighted by atomic mass is 9.95. The summed E-state index contributed by atoms with van der Waals surface area (Å²) in [6, 6.07) is 9.36. The van der Waals surface area contributed by atoms with Gasteiger partial charge < -0.3 is 19.8 Å². The fourth-order valence-electron chi connectivity index (χ4n) is 3.68. The van der Waals surface area contributed by atoms with Crippen LogP contribution in [0.4, 0.5) is 13.2 Å². The number of furan rings is 1. The van der Waals surface area contributed by atoms with Crippen LogP contribution in [0.1, 0.15) is 29.8 Å². The van der Waals surface area contributed by atoms with Crippen LogP contribution < -0.4 is 15.4 Å². The Morgan fingerprint density at radius 3 is 2.77 bits per heavy atom. The molecule has 1 aromatic carbocycles. The lowest BCUT2D eigenvalue weighted by Crippen LogP contribution is -2.42. The Kier molecular flexibility index (Phi) is 4.14. The van der Waals surface area contributed by atoms with E-state index in [0.29, 0.717) is 23.4 Å². The van der Waals surface area contributed by atoms with Crippen LogP contribution in [0.5, 0.6) is 5.75 Å². The van der Waals surface area contributed by atoms with E-state index < -0.39 is 6.36 Å². The summed E-state index contributed by atoms with van der Waals surface area (Å²) in [6.07, 6.45) is -1.67. The first kappa shape index (κ1) is 17.0. The van der Waals surface area contributed by atoms with E-state index >= 15 is 0 Å². The van der Waals surface area contributed by atoms with Gasteiger partial charge >= 0.3 is 6.36 Å². The van der Waals surface area contributed by atoms with Gasteiger partial charge in [0, 0.05) is 23.7 Å². The monoisotopic (exact) mass is 366 g/mol. The molecule has 1 amide bonds. The van der Waals surface area contributed by atoms with Gasteiger partial charge in [-0.3, -0.25) is 4.79 Å². The molecule has 4 rings (SSSR count). The number of halogens is 3. The van der Waals surface area contributed by atoms with Gasteiger partial charge in [-0.2, -0.15) is 0 Å². The maximum absolute atomic E-state index is 12.4. The maximum Gasteiger partial charge on any atom is 0.573 e. The molecule has 2 aromatic rings. The molecule has 8 heteroatoms. The molecule has 2 fully saturated rings. The minimum atomic E-state index is -4.76. The normalized spacial score (nSPS) is 24.7. The van der Waals surface area contributed by atoms with Crippen LogP contribution in [-0.4, -0.2) is 30.4 Å². The molecule has 0 saturated carbocycles. The molecular weight excluding hydrogens is 349 g/mol. The molecule has 0 aliphatic carbocycles. The van der Waals surface area contributed by atoms with Crippen molar-refractivity contribution >= 4 is 5.91 Å². The number of benzene rings is 1. The van der Waals surface area contributed by atoms with Crippen molar-refractivity contribution in [1.82, 2.24) is 10.6 Å². The molecule has 5 nitrogen and oxygen atoms in total. The first-order chi connectivity index (χ1) is 12.4. The van der Waals surface area contributed by atoms with Crippen LogP contribution in [0.15, 0.2) is 40.8 Å². The summed E-state index contributed by atoms with van der Waals surface area (Å²) in [5.74, 6) is -0.234. The Balaban J connectivity index is 1.46. The van der Waals surface area contributed by atoms with E-state index in [1.807, 2.05) is 0 Å². The number of amides is 1. The Hall–Kier alpha value is -2.48. The van der Waals surface area contributed by atoms with E-state index in [1.54, 1.807) is 12.1 Å². The predicted molar refractivity (Wildman–Crippen MR) is 86.6 cm³/mol. The molecule has 0 radical (unpaired) electrons. The van der Waals surface area contributed by atoms with Crippen molar-refractivity contribution in [2.75, 3.05) is 0 Å².